The van der Waals surface area contributed by atoms with Crippen molar-refractivity contribution >= 4 is 11.8 Å². The summed E-state index contributed by atoms with van der Waals surface area (Å²) in [6.07, 6.45) is 1.28. The third kappa shape index (κ3) is 2.99. The molecular weight excluding hydrogens is 202 g/mol. The third-order valence-electron chi connectivity index (χ3n) is 2.53. The molecule has 82 valence electrons. The van der Waals surface area contributed by atoms with E-state index in [0.717, 1.165) is 0 Å². The zero-order valence-electron chi connectivity index (χ0n) is 9.71. The van der Waals surface area contributed by atoms with E-state index in [4.69, 9.17) is 0 Å². The van der Waals surface area contributed by atoms with Gasteiger partial charge in [-0.05, 0) is 30.7 Å². The van der Waals surface area contributed by atoms with Crippen LogP contribution < -0.4 is 5.32 Å². The molecule has 0 bridgehead atoms. The molecule has 0 amide bonds. The summed E-state index contributed by atoms with van der Waals surface area (Å²) in [4.78, 5) is 1.37. The molecule has 1 aliphatic heterocycles. The maximum Gasteiger partial charge on any atom is 0.0332 e. The van der Waals surface area contributed by atoms with Crippen LogP contribution in [-0.2, 0) is 0 Å². The highest BCUT2D eigenvalue weighted by atomic mass is 32.2. The van der Waals surface area contributed by atoms with Gasteiger partial charge in [0.2, 0.25) is 0 Å². The van der Waals surface area contributed by atoms with Crippen LogP contribution in [0.4, 0.5) is 0 Å². The lowest BCUT2D eigenvalue weighted by Crippen LogP contribution is -2.34. The second-order valence-electron chi connectivity index (χ2n) is 5.08. The van der Waals surface area contributed by atoms with E-state index in [1.54, 1.807) is 0 Å². The fourth-order valence-electron chi connectivity index (χ4n) is 1.69. The molecule has 1 N–H and O–H groups in total. The standard InChI is InChI=1S/C13H19NS/c1-13(2,3)15-11-6-4-10(5-7-11)12-8-9-14-12/h4-7,12,14H,8-9H2,1-3H3. The Morgan fingerprint density at radius 3 is 2.20 bits per heavy atom. The van der Waals surface area contributed by atoms with Gasteiger partial charge in [0.1, 0.15) is 0 Å². The van der Waals surface area contributed by atoms with Crippen molar-refractivity contribution in [3.8, 4) is 0 Å². The molecule has 1 nitrogen and oxygen atoms in total. The van der Waals surface area contributed by atoms with Crippen LogP contribution in [0.15, 0.2) is 29.2 Å². The summed E-state index contributed by atoms with van der Waals surface area (Å²) in [6, 6.07) is 9.60. The summed E-state index contributed by atoms with van der Waals surface area (Å²) in [5.74, 6) is 0. The van der Waals surface area contributed by atoms with E-state index < -0.39 is 0 Å². The van der Waals surface area contributed by atoms with Crippen LogP contribution in [0.2, 0.25) is 0 Å². The molecule has 2 rings (SSSR count). The van der Waals surface area contributed by atoms with Gasteiger partial charge in [0.25, 0.3) is 0 Å². The molecule has 2 heteroatoms. The summed E-state index contributed by atoms with van der Waals surface area (Å²) in [6.45, 7) is 7.92. The number of rotatable bonds is 2. The van der Waals surface area contributed by atoms with Crippen molar-refractivity contribution in [3.05, 3.63) is 29.8 Å². The third-order valence-corrected chi connectivity index (χ3v) is 3.65. The highest BCUT2D eigenvalue weighted by Crippen LogP contribution is 2.33. The van der Waals surface area contributed by atoms with E-state index in [1.807, 2.05) is 11.8 Å². The highest BCUT2D eigenvalue weighted by molar-refractivity contribution is 8.00. The number of hydrogen-bond acceptors (Lipinski definition) is 2. The van der Waals surface area contributed by atoms with Crippen molar-refractivity contribution < 1.29 is 0 Å². The minimum absolute atomic E-state index is 0.302. The lowest BCUT2D eigenvalue weighted by molar-refractivity contribution is 0.383. The number of nitrogens with one attached hydrogen (secondary N) is 1. The number of thioether (sulfide) groups is 1. The van der Waals surface area contributed by atoms with Crippen molar-refractivity contribution in [2.75, 3.05) is 6.54 Å². The maximum atomic E-state index is 3.42. The average molecular weight is 221 g/mol. The molecule has 1 fully saturated rings. The van der Waals surface area contributed by atoms with Crippen LogP contribution in [0.3, 0.4) is 0 Å². The molecule has 0 aromatic heterocycles. The van der Waals surface area contributed by atoms with Crippen molar-refractivity contribution in [2.45, 2.75) is 42.9 Å². The van der Waals surface area contributed by atoms with Gasteiger partial charge in [0.05, 0.1) is 0 Å². The van der Waals surface area contributed by atoms with Crippen molar-refractivity contribution in [3.63, 3.8) is 0 Å². The van der Waals surface area contributed by atoms with Gasteiger partial charge < -0.3 is 5.32 Å². The van der Waals surface area contributed by atoms with Crippen molar-refractivity contribution in [2.24, 2.45) is 0 Å². The molecule has 1 heterocycles. The van der Waals surface area contributed by atoms with E-state index in [2.05, 4.69) is 50.4 Å². The Balaban J connectivity index is 2.03. The van der Waals surface area contributed by atoms with E-state index >= 15 is 0 Å². The van der Waals surface area contributed by atoms with Crippen LogP contribution in [0.1, 0.15) is 38.8 Å². The highest BCUT2D eigenvalue weighted by Gasteiger charge is 2.18. The minimum atomic E-state index is 0.302. The van der Waals surface area contributed by atoms with Gasteiger partial charge in [0, 0.05) is 15.7 Å². The Labute approximate surface area is 96.7 Å². The number of benzene rings is 1. The van der Waals surface area contributed by atoms with Gasteiger partial charge in [-0.15, -0.1) is 11.8 Å². The molecule has 1 saturated heterocycles. The largest absolute Gasteiger partial charge is 0.310 e. The van der Waals surface area contributed by atoms with E-state index in [1.165, 1.54) is 23.4 Å². The Bertz CT molecular complexity index is 319. The summed E-state index contributed by atoms with van der Waals surface area (Å²) < 4.78 is 0.302. The van der Waals surface area contributed by atoms with Crippen LogP contribution in [0, 0.1) is 0 Å². The summed E-state index contributed by atoms with van der Waals surface area (Å²) in [5, 5.41) is 3.42. The molecule has 1 aromatic rings. The summed E-state index contributed by atoms with van der Waals surface area (Å²) in [5.41, 5.74) is 1.43. The Morgan fingerprint density at radius 1 is 1.20 bits per heavy atom. The second-order valence-corrected chi connectivity index (χ2v) is 6.98. The predicted octanol–water partition coefficient (Wildman–Crippen LogP) is 3.61. The molecule has 1 atom stereocenters. The minimum Gasteiger partial charge on any atom is -0.310 e. The van der Waals surface area contributed by atoms with Crippen molar-refractivity contribution in [1.82, 2.24) is 5.32 Å². The number of hydrogen-bond donors (Lipinski definition) is 1. The Hall–Kier alpha value is -0.470. The fraction of sp³-hybridized carbons (Fsp3) is 0.538. The quantitative estimate of drug-likeness (QED) is 0.766. The first kappa shape index (κ1) is 11.0. The molecular formula is C13H19NS. The van der Waals surface area contributed by atoms with Gasteiger partial charge in [-0.1, -0.05) is 32.9 Å². The predicted molar refractivity (Wildman–Crippen MR) is 67.4 cm³/mol. The lowest BCUT2D eigenvalue weighted by atomic mass is 9.98. The van der Waals surface area contributed by atoms with E-state index in [9.17, 15) is 0 Å². The lowest BCUT2D eigenvalue weighted by Gasteiger charge is -2.28. The zero-order valence-corrected chi connectivity index (χ0v) is 10.5. The first-order chi connectivity index (χ1) is 7.04. The Kier molecular flexibility index (Phi) is 3.08. The normalized spacial score (nSPS) is 21.1. The molecule has 0 saturated carbocycles. The first-order valence-electron chi connectivity index (χ1n) is 5.57. The van der Waals surface area contributed by atoms with E-state index in [-0.39, 0.29) is 0 Å². The molecule has 0 radical (unpaired) electrons. The topological polar surface area (TPSA) is 12.0 Å². The molecule has 0 aliphatic carbocycles. The van der Waals surface area contributed by atoms with Gasteiger partial charge in [-0.25, -0.2) is 0 Å². The van der Waals surface area contributed by atoms with E-state index in [0.29, 0.717) is 10.8 Å². The SMILES string of the molecule is CC(C)(C)Sc1ccc(C2CCN2)cc1. The van der Waals surface area contributed by atoms with Gasteiger partial charge in [0.15, 0.2) is 0 Å². The van der Waals surface area contributed by atoms with Crippen LogP contribution in [0.25, 0.3) is 0 Å². The first-order valence-corrected chi connectivity index (χ1v) is 6.39. The monoisotopic (exact) mass is 221 g/mol. The van der Waals surface area contributed by atoms with Gasteiger partial charge in [-0.2, -0.15) is 0 Å². The van der Waals surface area contributed by atoms with Crippen LogP contribution in [-0.4, -0.2) is 11.3 Å². The summed E-state index contributed by atoms with van der Waals surface area (Å²) >= 11 is 1.93. The molecule has 1 aromatic carbocycles. The van der Waals surface area contributed by atoms with Crippen molar-refractivity contribution in [1.29, 1.82) is 0 Å². The summed E-state index contributed by atoms with van der Waals surface area (Å²) in [7, 11) is 0. The van der Waals surface area contributed by atoms with Gasteiger partial charge >= 0.3 is 0 Å². The molecule has 0 spiro atoms. The molecule has 1 aliphatic rings. The van der Waals surface area contributed by atoms with Crippen LogP contribution >= 0.6 is 11.8 Å². The van der Waals surface area contributed by atoms with Crippen LogP contribution in [0.5, 0.6) is 0 Å². The molecule has 15 heavy (non-hydrogen) atoms. The molecule has 1 unspecified atom stereocenters. The maximum absolute atomic E-state index is 3.42. The smallest absolute Gasteiger partial charge is 0.0332 e. The fourth-order valence-corrected chi connectivity index (χ4v) is 2.67. The second kappa shape index (κ2) is 4.18. The average Bonchev–Trinajstić information content (AvgIpc) is 2.02. The van der Waals surface area contributed by atoms with Gasteiger partial charge in [-0.3, -0.25) is 0 Å². The Morgan fingerprint density at radius 2 is 1.80 bits per heavy atom. The zero-order chi connectivity index (χ0) is 10.9.